The van der Waals surface area contributed by atoms with E-state index in [0.717, 1.165) is 0 Å². The molecule has 0 N–H and O–H groups in total. The van der Waals surface area contributed by atoms with Crippen molar-refractivity contribution in [3.05, 3.63) is 57.6 Å². The molecule has 0 atom stereocenters. The summed E-state index contributed by atoms with van der Waals surface area (Å²) < 4.78 is 0. The number of benzene rings is 2. The van der Waals surface area contributed by atoms with Crippen LogP contribution in [0.3, 0.4) is 0 Å². The van der Waals surface area contributed by atoms with Crippen LogP contribution in [0.4, 0.5) is 0 Å². The first-order chi connectivity index (χ1) is 15.4. The van der Waals surface area contributed by atoms with E-state index in [1.54, 1.807) is 0 Å². The SMILES string of the molecule is Cc1cc(C(C)(C)C)c(P=Pc2c(C(C)(C)C)cc(C(C)(C)C)cc2C(C)(C)C)c(C(C)(C)C)c1. The van der Waals surface area contributed by atoms with Gasteiger partial charge < -0.3 is 0 Å². The quantitative estimate of drug-likeness (QED) is 0.353. The van der Waals surface area contributed by atoms with Crippen molar-refractivity contribution in [3.63, 3.8) is 0 Å². The molecule has 0 aliphatic rings. The van der Waals surface area contributed by atoms with Gasteiger partial charge in [0.2, 0.25) is 0 Å². The molecule has 35 heavy (non-hydrogen) atoms. The fourth-order valence-corrected chi connectivity index (χ4v) is 8.57. The van der Waals surface area contributed by atoms with E-state index in [2.05, 4.69) is 135 Å². The summed E-state index contributed by atoms with van der Waals surface area (Å²) in [6, 6.07) is 9.89. The Morgan fingerprint density at radius 1 is 0.400 bits per heavy atom. The molecule has 2 aromatic rings. The van der Waals surface area contributed by atoms with Crippen molar-refractivity contribution in [2.24, 2.45) is 0 Å². The minimum absolute atomic E-state index is 0.0894. The van der Waals surface area contributed by atoms with E-state index in [4.69, 9.17) is 0 Å². The fraction of sp³-hybridized carbons (Fsp3) is 0.636. The van der Waals surface area contributed by atoms with Crippen LogP contribution in [0, 0.1) is 6.92 Å². The number of hydrogen-bond donors (Lipinski definition) is 0. The third kappa shape index (κ3) is 7.30. The summed E-state index contributed by atoms with van der Waals surface area (Å²) in [5.74, 6) is 0. The highest BCUT2D eigenvalue weighted by Crippen LogP contribution is 2.39. The maximum atomic E-state index is 2.51. The van der Waals surface area contributed by atoms with Crippen molar-refractivity contribution in [1.82, 2.24) is 0 Å². The standard InChI is InChI=1S/C33H52P2/c1-21-17-23(30(5,6)7)27(24(18-21)31(8,9)10)34-35-28-25(32(11,12)13)19-22(29(2,3)4)20-26(28)33(14,15)16/h17-20H,1-16H3. The molecular weight excluding hydrogens is 458 g/mol. The second-order valence-electron chi connectivity index (χ2n) is 15.6. The van der Waals surface area contributed by atoms with Gasteiger partial charge in [-0.1, -0.05) is 134 Å². The molecule has 0 amide bonds. The van der Waals surface area contributed by atoms with Crippen molar-refractivity contribution in [2.45, 2.75) is 138 Å². The smallest absolute Gasteiger partial charge is 0.0138 e. The molecule has 0 nitrogen and oxygen atoms in total. The highest BCUT2D eigenvalue weighted by Gasteiger charge is 2.30. The highest BCUT2D eigenvalue weighted by atomic mass is 31.7. The second kappa shape index (κ2) is 9.73. The van der Waals surface area contributed by atoms with Crippen LogP contribution in [0.25, 0.3) is 0 Å². The summed E-state index contributed by atoms with van der Waals surface area (Å²) >= 11 is 0. The first kappa shape index (κ1) is 30.3. The minimum atomic E-state index is 0.0894. The summed E-state index contributed by atoms with van der Waals surface area (Å²) in [4.78, 5) is 0. The molecule has 2 rings (SSSR count). The normalized spacial score (nSPS) is 14.2. The fourth-order valence-electron chi connectivity index (χ4n) is 4.45. The van der Waals surface area contributed by atoms with Crippen molar-refractivity contribution >= 4 is 26.3 Å². The summed E-state index contributed by atoms with van der Waals surface area (Å²) in [7, 11) is 2.76. The van der Waals surface area contributed by atoms with E-state index < -0.39 is 0 Å². The molecule has 0 bridgehead atoms. The zero-order valence-electron chi connectivity index (χ0n) is 25.7. The van der Waals surface area contributed by atoms with Crippen LogP contribution in [-0.2, 0) is 27.1 Å². The van der Waals surface area contributed by atoms with Gasteiger partial charge in [0.05, 0.1) is 0 Å². The van der Waals surface area contributed by atoms with Gasteiger partial charge in [-0.3, -0.25) is 0 Å². The van der Waals surface area contributed by atoms with Gasteiger partial charge in [-0.15, -0.1) is 0 Å². The zero-order valence-corrected chi connectivity index (χ0v) is 27.5. The van der Waals surface area contributed by atoms with Crippen LogP contribution in [0.15, 0.2) is 24.3 Å². The molecule has 0 saturated carbocycles. The van der Waals surface area contributed by atoms with Gasteiger partial charge in [0.1, 0.15) is 0 Å². The van der Waals surface area contributed by atoms with E-state index in [1.165, 1.54) is 59.7 Å². The van der Waals surface area contributed by atoms with Gasteiger partial charge in [0.15, 0.2) is 0 Å². The van der Waals surface area contributed by atoms with Crippen molar-refractivity contribution in [3.8, 4) is 0 Å². The lowest BCUT2D eigenvalue weighted by Crippen LogP contribution is -2.30. The van der Waals surface area contributed by atoms with Gasteiger partial charge >= 0.3 is 0 Å². The molecule has 0 aliphatic carbocycles. The van der Waals surface area contributed by atoms with Crippen molar-refractivity contribution in [2.75, 3.05) is 0 Å². The molecule has 0 aromatic heterocycles. The first-order valence-electron chi connectivity index (χ1n) is 13.2. The van der Waals surface area contributed by atoms with Crippen molar-refractivity contribution < 1.29 is 0 Å². The Bertz CT molecular complexity index is 1030. The van der Waals surface area contributed by atoms with E-state index >= 15 is 0 Å². The monoisotopic (exact) mass is 510 g/mol. The number of aryl methyl sites for hydroxylation is 1. The van der Waals surface area contributed by atoms with Crippen LogP contribution in [0.5, 0.6) is 0 Å². The Morgan fingerprint density at radius 2 is 0.657 bits per heavy atom. The third-order valence-electron chi connectivity index (χ3n) is 6.71. The topological polar surface area (TPSA) is 0 Å². The highest BCUT2D eigenvalue weighted by molar-refractivity contribution is 7.91. The Labute approximate surface area is 221 Å². The minimum Gasteiger partial charge on any atom is -0.0561 e. The largest absolute Gasteiger partial charge is 0.0561 e. The lowest BCUT2D eigenvalue weighted by atomic mass is 9.75. The van der Waals surface area contributed by atoms with Gasteiger partial charge in [-0.05, 0) is 77.6 Å². The average molecular weight is 511 g/mol. The maximum absolute atomic E-state index is 2.51. The molecule has 0 fully saturated rings. The number of hydrogen-bond acceptors (Lipinski definition) is 0. The number of rotatable bonds is 2. The van der Waals surface area contributed by atoms with Gasteiger partial charge in [0.25, 0.3) is 0 Å². The Hall–Kier alpha value is -0.960. The molecule has 0 radical (unpaired) electrons. The van der Waals surface area contributed by atoms with E-state index in [-0.39, 0.29) is 27.1 Å². The molecule has 2 heteroatoms. The third-order valence-corrected chi connectivity index (χ3v) is 9.68. The van der Waals surface area contributed by atoms with E-state index in [9.17, 15) is 0 Å². The molecular formula is C33H52P2. The summed E-state index contributed by atoms with van der Waals surface area (Å²) in [6.45, 7) is 37.7. The van der Waals surface area contributed by atoms with Crippen LogP contribution < -0.4 is 10.6 Å². The molecule has 0 heterocycles. The Morgan fingerprint density at radius 3 is 0.886 bits per heavy atom. The molecule has 0 spiro atoms. The van der Waals surface area contributed by atoms with Gasteiger partial charge in [-0.25, -0.2) is 0 Å². The Kier molecular flexibility index (Phi) is 8.41. The lowest BCUT2D eigenvalue weighted by molar-refractivity contribution is 0.554. The predicted molar refractivity (Wildman–Crippen MR) is 164 cm³/mol. The molecule has 0 saturated heterocycles. The van der Waals surface area contributed by atoms with Crippen LogP contribution in [-0.4, -0.2) is 0 Å². The van der Waals surface area contributed by atoms with Crippen molar-refractivity contribution in [1.29, 1.82) is 0 Å². The summed E-state index contributed by atoms with van der Waals surface area (Å²) in [5.41, 5.74) is 9.35. The van der Waals surface area contributed by atoms with Crippen LogP contribution >= 0.6 is 15.7 Å². The maximum Gasteiger partial charge on any atom is 0.0138 e. The van der Waals surface area contributed by atoms with Gasteiger partial charge in [-0.2, -0.15) is 0 Å². The summed E-state index contributed by atoms with van der Waals surface area (Å²) in [5, 5.41) is 3.05. The van der Waals surface area contributed by atoms with Crippen LogP contribution in [0.1, 0.15) is 137 Å². The first-order valence-corrected chi connectivity index (χ1v) is 15.7. The molecule has 2 aromatic carbocycles. The molecule has 0 aliphatic heterocycles. The van der Waals surface area contributed by atoms with E-state index in [0.29, 0.717) is 0 Å². The molecule has 0 unspecified atom stereocenters. The molecule has 194 valence electrons. The average Bonchev–Trinajstić information content (AvgIpc) is 2.61. The predicted octanol–water partition coefficient (Wildman–Crippen LogP) is 10.2. The summed E-state index contributed by atoms with van der Waals surface area (Å²) in [6.07, 6.45) is 0. The van der Waals surface area contributed by atoms with Crippen LogP contribution in [0.2, 0.25) is 0 Å². The lowest BCUT2D eigenvalue weighted by Gasteiger charge is -2.32. The Balaban J connectivity index is 3.00. The van der Waals surface area contributed by atoms with Gasteiger partial charge in [0, 0.05) is 10.6 Å². The second-order valence-corrected chi connectivity index (χ2v) is 18.1. The van der Waals surface area contributed by atoms with E-state index in [1.807, 2.05) is 0 Å². The zero-order chi connectivity index (χ0) is 27.4.